The van der Waals surface area contributed by atoms with Crippen molar-refractivity contribution in [2.24, 2.45) is 5.73 Å². The molecule has 0 aliphatic carbocycles. The van der Waals surface area contributed by atoms with Crippen molar-refractivity contribution in [1.82, 2.24) is 5.32 Å². The standard InChI is InChI=1S/C23H18ClN3O2S/c24-17-7-9-18(10-8-17)27-22(29)21(28)19(23(27)30)20(26-12-11-25)16-6-5-14-3-1-2-4-15(14)13-16/h1-10,13,26H,11-12,25H2. The molecule has 150 valence electrons. The highest BCUT2D eigenvalue weighted by atomic mass is 35.5. The Kier molecular flexibility index (Phi) is 5.63. The van der Waals surface area contributed by atoms with E-state index in [1.54, 1.807) is 24.3 Å². The van der Waals surface area contributed by atoms with Crippen molar-refractivity contribution in [2.75, 3.05) is 18.0 Å². The molecule has 3 N–H and O–H groups in total. The molecule has 0 aromatic heterocycles. The van der Waals surface area contributed by atoms with Gasteiger partial charge in [0, 0.05) is 18.1 Å². The number of ketones is 1. The lowest BCUT2D eigenvalue weighted by Gasteiger charge is -2.17. The first-order chi connectivity index (χ1) is 14.5. The second-order valence-electron chi connectivity index (χ2n) is 6.78. The van der Waals surface area contributed by atoms with E-state index in [1.165, 1.54) is 4.90 Å². The molecule has 1 aliphatic heterocycles. The summed E-state index contributed by atoms with van der Waals surface area (Å²) in [6, 6.07) is 20.4. The minimum absolute atomic E-state index is 0.153. The smallest absolute Gasteiger partial charge is 0.304 e. The van der Waals surface area contributed by atoms with Gasteiger partial charge in [-0.1, -0.05) is 60.2 Å². The van der Waals surface area contributed by atoms with Gasteiger partial charge < -0.3 is 11.1 Å². The molecule has 0 spiro atoms. The Balaban J connectivity index is 1.85. The van der Waals surface area contributed by atoms with Crippen LogP contribution in [-0.4, -0.2) is 29.8 Å². The topological polar surface area (TPSA) is 75.4 Å². The van der Waals surface area contributed by atoms with Crippen LogP contribution in [0.15, 0.2) is 72.3 Å². The Morgan fingerprint density at radius 1 is 1.00 bits per heavy atom. The molecule has 0 radical (unpaired) electrons. The number of anilines is 1. The Labute approximate surface area is 184 Å². The van der Waals surface area contributed by atoms with Gasteiger partial charge in [-0.05, 0) is 46.7 Å². The average molecular weight is 436 g/mol. The zero-order valence-corrected chi connectivity index (χ0v) is 17.5. The summed E-state index contributed by atoms with van der Waals surface area (Å²) in [5, 5.41) is 5.82. The van der Waals surface area contributed by atoms with E-state index in [0.717, 1.165) is 16.3 Å². The van der Waals surface area contributed by atoms with Crippen LogP contribution in [0.2, 0.25) is 5.02 Å². The second-order valence-corrected chi connectivity index (χ2v) is 7.60. The highest BCUT2D eigenvalue weighted by molar-refractivity contribution is 7.81. The van der Waals surface area contributed by atoms with Crippen molar-refractivity contribution in [2.45, 2.75) is 0 Å². The van der Waals surface area contributed by atoms with Crippen LogP contribution in [0.5, 0.6) is 0 Å². The van der Waals surface area contributed by atoms with Crippen molar-refractivity contribution in [3.63, 3.8) is 0 Å². The Morgan fingerprint density at radius 3 is 2.40 bits per heavy atom. The maximum absolute atomic E-state index is 13.0. The fraction of sp³-hybridized carbons (Fsp3) is 0.0870. The molecule has 1 fully saturated rings. The minimum atomic E-state index is -0.690. The first-order valence-corrected chi connectivity index (χ1v) is 10.2. The highest BCUT2D eigenvalue weighted by Gasteiger charge is 2.42. The number of hydrogen-bond donors (Lipinski definition) is 2. The van der Waals surface area contributed by atoms with Gasteiger partial charge in [-0.15, -0.1) is 0 Å². The molecule has 3 aromatic carbocycles. The van der Waals surface area contributed by atoms with Gasteiger partial charge in [-0.3, -0.25) is 14.5 Å². The van der Waals surface area contributed by atoms with E-state index in [1.807, 2.05) is 42.5 Å². The number of fused-ring (bicyclic) bond motifs is 1. The van der Waals surface area contributed by atoms with E-state index in [4.69, 9.17) is 29.6 Å². The summed E-state index contributed by atoms with van der Waals surface area (Å²) >= 11 is 11.5. The first-order valence-electron chi connectivity index (χ1n) is 9.37. The van der Waals surface area contributed by atoms with Gasteiger partial charge in [0.15, 0.2) is 0 Å². The molecule has 3 aromatic rings. The van der Waals surface area contributed by atoms with Crippen LogP contribution in [0.4, 0.5) is 5.69 Å². The molecule has 0 unspecified atom stereocenters. The summed E-state index contributed by atoms with van der Waals surface area (Å²) < 4.78 is 0. The summed E-state index contributed by atoms with van der Waals surface area (Å²) in [4.78, 5) is 27.2. The minimum Gasteiger partial charge on any atom is -0.383 e. The predicted octanol–water partition coefficient (Wildman–Crippen LogP) is 3.70. The van der Waals surface area contributed by atoms with Gasteiger partial charge in [-0.2, -0.15) is 0 Å². The number of nitrogens with two attached hydrogens (primary N) is 1. The third-order valence-electron chi connectivity index (χ3n) is 4.86. The van der Waals surface area contributed by atoms with E-state index in [0.29, 0.717) is 29.5 Å². The fourth-order valence-electron chi connectivity index (χ4n) is 3.43. The van der Waals surface area contributed by atoms with Gasteiger partial charge >= 0.3 is 5.91 Å². The fourth-order valence-corrected chi connectivity index (χ4v) is 3.94. The monoisotopic (exact) mass is 435 g/mol. The lowest BCUT2D eigenvalue weighted by Crippen LogP contribution is -2.29. The van der Waals surface area contributed by atoms with Gasteiger partial charge in [0.2, 0.25) is 0 Å². The number of nitrogens with one attached hydrogen (secondary N) is 1. The summed E-state index contributed by atoms with van der Waals surface area (Å²) in [5.41, 5.74) is 7.62. The van der Waals surface area contributed by atoms with Gasteiger partial charge in [0.25, 0.3) is 5.78 Å². The summed E-state index contributed by atoms with van der Waals surface area (Å²) in [7, 11) is 0. The zero-order valence-electron chi connectivity index (χ0n) is 15.9. The number of hydrogen-bond acceptors (Lipinski definition) is 5. The number of Topliss-reactive ketones (excluding diaryl/α,β-unsaturated/α-hetero) is 1. The van der Waals surface area contributed by atoms with Crippen molar-refractivity contribution in [3.05, 3.63) is 82.9 Å². The summed E-state index contributed by atoms with van der Waals surface area (Å²) in [5.74, 6) is -1.34. The Hall–Kier alpha value is -3.06. The third-order valence-corrected chi connectivity index (χ3v) is 5.50. The molecule has 0 saturated carbocycles. The highest BCUT2D eigenvalue weighted by Crippen LogP contribution is 2.31. The van der Waals surface area contributed by atoms with Gasteiger partial charge in [-0.25, -0.2) is 0 Å². The number of benzene rings is 3. The molecule has 30 heavy (non-hydrogen) atoms. The summed E-state index contributed by atoms with van der Waals surface area (Å²) in [6.07, 6.45) is 0. The van der Waals surface area contributed by atoms with Gasteiger partial charge in [0.05, 0.1) is 17.0 Å². The van der Waals surface area contributed by atoms with Crippen molar-refractivity contribution < 1.29 is 9.59 Å². The predicted molar refractivity (Wildman–Crippen MR) is 124 cm³/mol. The SMILES string of the molecule is NCCNC(=C1C(=O)C(=O)N(c2ccc(Cl)cc2)C1=S)c1ccc2ccccc2c1. The van der Waals surface area contributed by atoms with Crippen LogP contribution >= 0.6 is 23.8 Å². The van der Waals surface area contributed by atoms with E-state index in [-0.39, 0.29) is 10.6 Å². The van der Waals surface area contributed by atoms with Crippen molar-refractivity contribution in [1.29, 1.82) is 0 Å². The Bertz CT molecular complexity index is 1200. The number of thiocarbonyl (C=S) groups is 1. The largest absolute Gasteiger partial charge is 0.383 e. The van der Waals surface area contributed by atoms with Crippen molar-refractivity contribution >= 4 is 62.7 Å². The summed E-state index contributed by atoms with van der Waals surface area (Å²) in [6.45, 7) is 0.789. The molecule has 1 heterocycles. The van der Waals surface area contributed by atoms with E-state index in [2.05, 4.69) is 5.32 Å². The van der Waals surface area contributed by atoms with Gasteiger partial charge in [0.1, 0.15) is 4.99 Å². The molecule has 1 aliphatic rings. The van der Waals surface area contributed by atoms with E-state index >= 15 is 0 Å². The van der Waals surface area contributed by atoms with Crippen LogP contribution < -0.4 is 16.0 Å². The quantitative estimate of drug-likeness (QED) is 0.363. The van der Waals surface area contributed by atoms with Crippen molar-refractivity contribution in [3.8, 4) is 0 Å². The molecule has 0 atom stereocenters. The number of halogens is 1. The normalized spacial score (nSPS) is 15.8. The number of carbonyl (C=O) groups is 2. The number of amides is 1. The third kappa shape index (κ3) is 3.61. The number of carbonyl (C=O) groups excluding carboxylic acids is 2. The van der Waals surface area contributed by atoms with Crippen LogP contribution in [0, 0.1) is 0 Å². The molecule has 1 amide bonds. The molecular formula is C23H18ClN3O2S. The molecule has 7 heteroatoms. The lowest BCUT2D eigenvalue weighted by atomic mass is 10.0. The van der Waals surface area contributed by atoms with E-state index < -0.39 is 11.7 Å². The van der Waals surface area contributed by atoms with Crippen LogP contribution in [0.25, 0.3) is 16.5 Å². The molecular weight excluding hydrogens is 418 g/mol. The zero-order chi connectivity index (χ0) is 21.3. The van der Waals surface area contributed by atoms with E-state index in [9.17, 15) is 9.59 Å². The lowest BCUT2D eigenvalue weighted by molar-refractivity contribution is -0.132. The molecule has 5 nitrogen and oxygen atoms in total. The second kappa shape index (κ2) is 8.36. The van der Waals surface area contributed by atoms with Crippen LogP contribution in [0.1, 0.15) is 5.56 Å². The number of rotatable bonds is 5. The maximum atomic E-state index is 13.0. The molecule has 0 bridgehead atoms. The molecule has 4 rings (SSSR count). The van der Waals surface area contributed by atoms with Crippen LogP contribution in [-0.2, 0) is 9.59 Å². The van der Waals surface area contributed by atoms with Crippen LogP contribution in [0.3, 0.4) is 0 Å². The number of nitrogens with zero attached hydrogens (tertiary/aromatic N) is 1. The average Bonchev–Trinajstić information content (AvgIpc) is 2.98. The molecule has 1 saturated heterocycles. The first kappa shape index (κ1) is 20.2. The Morgan fingerprint density at radius 2 is 1.70 bits per heavy atom. The maximum Gasteiger partial charge on any atom is 0.304 e.